The van der Waals surface area contributed by atoms with Crippen molar-refractivity contribution in [3.8, 4) is 11.1 Å². The molecule has 3 heteroatoms. The Balaban J connectivity index is 1.66. The summed E-state index contributed by atoms with van der Waals surface area (Å²) in [5, 5.41) is 5.34. The van der Waals surface area contributed by atoms with Crippen molar-refractivity contribution in [2.75, 3.05) is 0 Å². The van der Waals surface area contributed by atoms with E-state index in [1.807, 2.05) is 12.1 Å². The standard InChI is InChI=1S/C32H25NOP/c34-25-33-24-26-16-18-27(19-17-26)28-20-22-32(23-21-28)35(29-10-4-1-5-11-29,30-12-6-2-7-13-30)31-14-8-3-9-15-31/h1-23H,24H2/q+1. The maximum absolute atomic E-state index is 10.4. The lowest BCUT2D eigenvalue weighted by molar-refractivity contribution is 0.563. The molecule has 0 N–H and O–H groups in total. The molecule has 0 saturated carbocycles. The molecule has 2 nitrogen and oxygen atoms in total. The molecule has 35 heavy (non-hydrogen) atoms. The van der Waals surface area contributed by atoms with E-state index in [9.17, 15) is 4.79 Å². The molecule has 0 aromatic heterocycles. The molecule has 5 rings (SSSR count). The van der Waals surface area contributed by atoms with Gasteiger partial charge in [-0.3, -0.25) is 0 Å². The Labute approximate surface area is 207 Å². The van der Waals surface area contributed by atoms with Gasteiger partial charge < -0.3 is 0 Å². The number of nitrogens with zero attached hydrogens (tertiary/aromatic N) is 1. The van der Waals surface area contributed by atoms with Gasteiger partial charge in [0.25, 0.3) is 0 Å². The summed E-state index contributed by atoms with van der Waals surface area (Å²) in [6, 6.07) is 49.9. The largest absolute Gasteiger partial charge is 0.235 e. The third kappa shape index (κ3) is 4.51. The van der Waals surface area contributed by atoms with Crippen molar-refractivity contribution in [2.45, 2.75) is 6.54 Å². The maximum Gasteiger partial charge on any atom is 0.235 e. The second-order valence-electron chi connectivity index (χ2n) is 8.33. The molecule has 0 bridgehead atoms. The van der Waals surface area contributed by atoms with E-state index in [-0.39, 0.29) is 0 Å². The van der Waals surface area contributed by atoms with Gasteiger partial charge in [0, 0.05) is 0 Å². The van der Waals surface area contributed by atoms with E-state index in [0.717, 1.165) is 16.7 Å². The second-order valence-corrected chi connectivity index (χ2v) is 11.7. The number of hydrogen-bond acceptors (Lipinski definition) is 2. The molecule has 0 aliphatic rings. The number of hydrogen-bond donors (Lipinski definition) is 0. The lowest BCUT2D eigenvalue weighted by Crippen LogP contribution is -2.38. The normalized spacial score (nSPS) is 11.0. The minimum absolute atomic E-state index is 0.362. The van der Waals surface area contributed by atoms with Gasteiger partial charge in [0.15, 0.2) is 0 Å². The summed E-state index contributed by atoms with van der Waals surface area (Å²) in [6.45, 7) is 0.362. The lowest BCUT2D eigenvalue weighted by Gasteiger charge is -2.27. The molecular formula is C32H25NOP+. The number of rotatable bonds is 7. The smallest absolute Gasteiger partial charge is 0.211 e. The fraction of sp³-hybridized carbons (Fsp3) is 0.0312. The zero-order valence-electron chi connectivity index (χ0n) is 19.3. The monoisotopic (exact) mass is 470 g/mol. The van der Waals surface area contributed by atoms with Crippen LogP contribution in [0.15, 0.2) is 145 Å². The molecule has 0 spiro atoms. The molecule has 0 radical (unpaired) electrons. The van der Waals surface area contributed by atoms with Crippen LogP contribution in [0, 0.1) is 0 Å². The molecule has 0 fully saturated rings. The van der Waals surface area contributed by atoms with Gasteiger partial charge in [-0.2, -0.15) is 0 Å². The maximum atomic E-state index is 10.4. The van der Waals surface area contributed by atoms with E-state index < -0.39 is 7.26 Å². The molecule has 0 aliphatic heterocycles. The third-order valence-corrected chi connectivity index (χ3v) is 10.6. The predicted octanol–water partition coefficient (Wildman–Crippen LogP) is 5.81. The quantitative estimate of drug-likeness (QED) is 0.168. The van der Waals surface area contributed by atoms with Crippen molar-refractivity contribution in [3.05, 3.63) is 145 Å². The zero-order chi connectivity index (χ0) is 23.9. The summed E-state index contributed by atoms with van der Waals surface area (Å²) >= 11 is 0. The van der Waals surface area contributed by atoms with Crippen LogP contribution in [0.4, 0.5) is 0 Å². The van der Waals surface area contributed by atoms with Crippen LogP contribution < -0.4 is 21.2 Å². The molecular weight excluding hydrogens is 445 g/mol. The van der Waals surface area contributed by atoms with Crippen molar-refractivity contribution in [2.24, 2.45) is 4.99 Å². The van der Waals surface area contributed by atoms with Gasteiger partial charge in [0.05, 0.1) is 6.54 Å². The van der Waals surface area contributed by atoms with Gasteiger partial charge >= 0.3 is 0 Å². The van der Waals surface area contributed by atoms with Crippen LogP contribution in [0.2, 0.25) is 0 Å². The van der Waals surface area contributed by atoms with Gasteiger partial charge in [0.1, 0.15) is 28.5 Å². The summed E-state index contributed by atoms with van der Waals surface area (Å²) in [5.74, 6) is 0. The van der Waals surface area contributed by atoms with Crippen LogP contribution in [0.5, 0.6) is 0 Å². The molecule has 0 unspecified atom stereocenters. The molecule has 0 atom stereocenters. The van der Waals surface area contributed by atoms with E-state index in [2.05, 4.69) is 132 Å². The zero-order valence-corrected chi connectivity index (χ0v) is 20.2. The van der Waals surface area contributed by atoms with Crippen LogP contribution in [-0.4, -0.2) is 6.08 Å². The van der Waals surface area contributed by atoms with Crippen molar-refractivity contribution >= 4 is 34.6 Å². The summed E-state index contributed by atoms with van der Waals surface area (Å²) in [7, 11) is -2.09. The summed E-state index contributed by atoms with van der Waals surface area (Å²) in [4.78, 5) is 14.1. The van der Waals surface area contributed by atoms with Crippen LogP contribution in [0.3, 0.4) is 0 Å². The first-order chi connectivity index (χ1) is 17.3. The molecule has 0 saturated heterocycles. The first kappa shape index (κ1) is 22.7. The van der Waals surface area contributed by atoms with Crippen molar-refractivity contribution < 1.29 is 4.79 Å². The number of aliphatic imine (C=N–C) groups is 1. The minimum Gasteiger partial charge on any atom is -0.211 e. The van der Waals surface area contributed by atoms with E-state index in [1.165, 1.54) is 21.2 Å². The third-order valence-electron chi connectivity index (χ3n) is 6.30. The Morgan fingerprint density at radius 2 is 0.857 bits per heavy atom. The number of benzene rings is 5. The van der Waals surface area contributed by atoms with Crippen LogP contribution in [0.1, 0.15) is 5.56 Å². The van der Waals surface area contributed by atoms with Crippen molar-refractivity contribution in [1.29, 1.82) is 0 Å². The summed E-state index contributed by atoms with van der Waals surface area (Å²) in [5.41, 5.74) is 3.29. The summed E-state index contributed by atoms with van der Waals surface area (Å²) in [6.07, 6.45) is 1.60. The van der Waals surface area contributed by atoms with Crippen molar-refractivity contribution in [1.82, 2.24) is 0 Å². The van der Waals surface area contributed by atoms with Crippen LogP contribution in [0.25, 0.3) is 11.1 Å². The molecule has 168 valence electrons. The lowest BCUT2D eigenvalue weighted by atomic mass is 10.0. The molecule has 5 aromatic rings. The second kappa shape index (κ2) is 10.5. The van der Waals surface area contributed by atoms with Gasteiger partial charge in [-0.1, -0.05) is 91.0 Å². The Hall–Kier alpha value is -4.09. The first-order valence-corrected chi connectivity index (χ1v) is 13.4. The van der Waals surface area contributed by atoms with E-state index >= 15 is 0 Å². The summed E-state index contributed by atoms with van der Waals surface area (Å²) < 4.78 is 0. The topological polar surface area (TPSA) is 29.4 Å². The average Bonchev–Trinajstić information content (AvgIpc) is 2.95. The number of isocyanates is 1. The number of carbonyl (C=O) groups excluding carboxylic acids is 1. The molecule has 0 heterocycles. The first-order valence-electron chi connectivity index (χ1n) is 11.6. The van der Waals surface area contributed by atoms with E-state index in [4.69, 9.17) is 0 Å². The fourth-order valence-electron chi connectivity index (χ4n) is 4.65. The highest BCUT2D eigenvalue weighted by Gasteiger charge is 2.47. The molecule has 0 amide bonds. The van der Waals surface area contributed by atoms with Crippen molar-refractivity contribution in [3.63, 3.8) is 0 Å². The van der Waals surface area contributed by atoms with Gasteiger partial charge in [-0.25, -0.2) is 9.79 Å². The highest BCUT2D eigenvalue weighted by atomic mass is 31.2. The highest BCUT2D eigenvalue weighted by Crippen LogP contribution is 2.54. The van der Waals surface area contributed by atoms with Crippen LogP contribution >= 0.6 is 7.26 Å². The van der Waals surface area contributed by atoms with E-state index in [1.54, 1.807) is 6.08 Å². The van der Waals surface area contributed by atoms with Gasteiger partial charge in [0.2, 0.25) is 6.08 Å². The highest BCUT2D eigenvalue weighted by molar-refractivity contribution is 8.01. The van der Waals surface area contributed by atoms with Gasteiger partial charge in [-0.05, 0) is 65.2 Å². The Morgan fingerprint density at radius 3 is 1.26 bits per heavy atom. The minimum atomic E-state index is -2.09. The fourth-order valence-corrected chi connectivity index (χ4v) is 8.90. The van der Waals surface area contributed by atoms with Crippen LogP contribution in [-0.2, 0) is 11.3 Å². The SMILES string of the molecule is O=C=NCc1ccc(-c2ccc([P+](c3ccccc3)(c3ccccc3)c3ccccc3)cc2)cc1. The van der Waals surface area contributed by atoms with E-state index in [0.29, 0.717) is 6.54 Å². The average molecular weight is 471 g/mol. The Morgan fingerprint density at radius 1 is 0.486 bits per heavy atom. The van der Waals surface area contributed by atoms with Gasteiger partial charge in [-0.15, -0.1) is 0 Å². The molecule has 5 aromatic carbocycles. The Bertz CT molecular complexity index is 1330. The Kier molecular flexibility index (Phi) is 6.77. The molecule has 0 aliphatic carbocycles. The predicted molar refractivity (Wildman–Crippen MR) is 148 cm³/mol.